The van der Waals surface area contributed by atoms with E-state index in [2.05, 4.69) is 0 Å². The molecule has 1 rings (SSSR count). The number of hydrogen-bond donors (Lipinski definition) is 1. The molecule has 0 unspecified atom stereocenters. The summed E-state index contributed by atoms with van der Waals surface area (Å²) < 4.78 is 26.9. The molecular weight excluding hydrogens is 288 g/mol. The Morgan fingerprint density at radius 2 is 2.00 bits per heavy atom. The van der Waals surface area contributed by atoms with Gasteiger partial charge in [0.1, 0.15) is 0 Å². The molecule has 7 heteroatoms. The van der Waals surface area contributed by atoms with E-state index in [1.54, 1.807) is 12.1 Å². The zero-order valence-electron chi connectivity index (χ0n) is 10.9. The van der Waals surface area contributed by atoms with Crippen LogP contribution in [0.2, 0.25) is 5.02 Å². The highest BCUT2D eigenvalue weighted by atomic mass is 35.5. The molecule has 1 N–H and O–H groups in total. The van der Waals surface area contributed by atoms with Gasteiger partial charge in [-0.05, 0) is 18.6 Å². The molecule has 0 heterocycles. The van der Waals surface area contributed by atoms with Crippen molar-refractivity contribution in [3.05, 3.63) is 34.9 Å². The van der Waals surface area contributed by atoms with E-state index < -0.39 is 16.1 Å². The quantitative estimate of drug-likeness (QED) is 0.874. The van der Waals surface area contributed by atoms with E-state index in [4.69, 9.17) is 11.6 Å². The zero-order chi connectivity index (χ0) is 14.5. The summed E-state index contributed by atoms with van der Waals surface area (Å²) in [6.45, 7) is 2.32. The van der Waals surface area contributed by atoms with Crippen LogP contribution in [-0.2, 0) is 10.2 Å². The van der Waals surface area contributed by atoms with Crippen molar-refractivity contribution >= 4 is 27.7 Å². The first-order chi connectivity index (χ1) is 8.88. The van der Waals surface area contributed by atoms with Gasteiger partial charge in [0, 0.05) is 13.6 Å². The lowest BCUT2D eigenvalue weighted by Crippen LogP contribution is -2.41. The summed E-state index contributed by atoms with van der Waals surface area (Å²) in [5.74, 6) is -0.728. The van der Waals surface area contributed by atoms with Crippen LogP contribution < -0.4 is 4.72 Å². The van der Waals surface area contributed by atoms with E-state index >= 15 is 0 Å². The number of nitrogens with zero attached hydrogens (tertiary/aromatic N) is 1. The summed E-state index contributed by atoms with van der Waals surface area (Å²) in [5.41, 5.74) is 0.136. The number of rotatable bonds is 6. The molecule has 0 bridgehead atoms. The monoisotopic (exact) mass is 304 g/mol. The van der Waals surface area contributed by atoms with Gasteiger partial charge in [0.15, 0.2) is 0 Å². The first-order valence-electron chi connectivity index (χ1n) is 5.91. The molecule has 0 atom stereocenters. The lowest BCUT2D eigenvalue weighted by molar-refractivity contribution is 0.0979. The van der Waals surface area contributed by atoms with Crippen LogP contribution in [0.15, 0.2) is 24.3 Å². The van der Waals surface area contributed by atoms with Crippen molar-refractivity contribution in [2.75, 3.05) is 13.6 Å². The largest absolute Gasteiger partial charge is 0.303 e. The number of hydrogen-bond acceptors (Lipinski definition) is 3. The van der Waals surface area contributed by atoms with Crippen LogP contribution in [0.3, 0.4) is 0 Å². The van der Waals surface area contributed by atoms with Crippen molar-refractivity contribution < 1.29 is 13.2 Å². The van der Waals surface area contributed by atoms with Crippen LogP contribution in [0.25, 0.3) is 0 Å². The Bertz CT molecular complexity index is 546. The van der Waals surface area contributed by atoms with Crippen molar-refractivity contribution in [1.29, 1.82) is 0 Å². The number of carbonyl (C=O) groups excluding carboxylic acids is 1. The van der Waals surface area contributed by atoms with Crippen LogP contribution in [0, 0.1) is 0 Å². The minimum absolute atomic E-state index is 0.136. The summed E-state index contributed by atoms with van der Waals surface area (Å²) in [6.07, 6.45) is 1.61. The molecule has 0 aliphatic rings. The zero-order valence-corrected chi connectivity index (χ0v) is 12.5. The molecule has 0 fully saturated rings. The van der Waals surface area contributed by atoms with Gasteiger partial charge in [-0.1, -0.05) is 37.1 Å². The summed E-state index contributed by atoms with van der Waals surface area (Å²) >= 11 is 5.84. The lowest BCUT2D eigenvalue weighted by Gasteiger charge is -2.17. The van der Waals surface area contributed by atoms with E-state index in [9.17, 15) is 13.2 Å². The Hall–Kier alpha value is -1.11. The predicted molar refractivity (Wildman–Crippen MR) is 75.4 cm³/mol. The average molecular weight is 305 g/mol. The Morgan fingerprint density at radius 1 is 1.37 bits per heavy atom. The van der Waals surface area contributed by atoms with E-state index in [1.165, 1.54) is 19.2 Å². The van der Waals surface area contributed by atoms with E-state index in [1.807, 2.05) is 11.6 Å². The third-order valence-corrected chi connectivity index (χ3v) is 4.35. The number of carbonyl (C=O) groups is 1. The molecule has 1 aromatic carbocycles. The fraction of sp³-hybridized carbons (Fsp3) is 0.417. The number of benzene rings is 1. The molecule has 1 aromatic rings. The second kappa shape index (κ2) is 6.88. The van der Waals surface area contributed by atoms with Gasteiger partial charge in [-0.25, -0.2) is 4.72 Å². The third kappa shape index (κ3) is 4.49. The Morgan fingerprint density at radius 3 is 2.58 bits per heavy atom. The van der Waals surface area contributed by atoms with Gasteiger partial charge in [-0.3, -0.25) is 4.79 Å². The summed E-state index contributed by atoms with van der Waals surface area (Å²) in [4.78, 5) is 11.9. The molecule has 19 heavy (non-hydrogen) atoms. The number of unbranched alkanes of at least 4 members (excludes halogenated alkanes) is 1. The van der Waals surface area contributed by atoms with Crippen molar-refractivity contribution in [3.63, 3.8) is 0 Å². The molecular formula is C12H17ClN2O3S. The SMILES string of the molecule is CCCCN(C)S(=O)(=O)NC(=O)c1ccccc1Cl. The molecule has 0 saturated carbocycles. The highest BCUT2D eigenvalue weighted by Gasteiger charge is 2.21. The van der Waals surface area contributed by atoms with Gasteiger partial charge in [0.25, 0.3) is 5.91 Å². The van der Waals surface area contributed by atoms with Crippen LogP contribution in [0.5, 0.6) is 0 Å². The molecule has 1 amide bonds. The van der Waals surface area contributed by atoms with Crippen LogP contribution >= 0.6 is 11.6 Å². The Labute approximate surface area is 118 Å². The van der Waals surface area contributed by atoms with Crippen molar-refractivity contribution in [2.24, 2.45) is 0 Å². The predicted octanol–water partition coefficient (Wildman–Crippen LogP) is 2.05. The van der Waals surface area contributed by atoms with Gasteiger partial charge in [0.2, 0.25) is 0 Å². The van der Waals surface area contributed by atoms with E-state index in [-0.39, 0.29) is 10.6 Å². The number of halogens is 1. The van der Waals surface area contributed by atoms with Crippen molar-refractivity contribution in [2.45, 2.75) is 19.8 Å². The fourth-order valence-corrected chi connectivity index (χ4v) is 2.49. The normalized spacial score (nSPS) is 11.6. The maximum Gasteiger partial charge on any atom is 0.303 e. The minimum Gasteiger partial charge on any atom is -0.268 e. The number of nitrogens with one attached hydrogen (secondary N) is 1. The summed E-state index contributed by atoms with van der Waals surface area (Å²) in [5, 5.41) is 0.214. The van der Waals surface area contributed by atoms with E-state index in [0.717, 1.165) is 17.1 Å². The molecule has 0 saturated heterocycles. The average Bonchev–Trinajstić information content (AvgIpc) is 2.35. The smallest absolute Gasteiger partial charge is 0.268 e. The molecule has 106 valence electrons. The molecule has 5 nitrogen and oxygen atoms in total. The second-order valence-corrected chi connectivity index (χ2v) is 6.28. The van der Waals surface area contributed by atoms with Crippen LogP contribution in [0.4, 0.5) is 0 Å². The third-order valence-electron chi connectivity index (χ3n) is 2.58. The first-order valence-corrected chi connectivity index (χ1v) is 7.73. The van der Waals surface area contributed by atoms with Gasteiger partial charge in [0.05, 0.1) is 10.6 Å². The maximum atomic E-state index is 11.9. The van der Waals surface area contributed by atoms with Crippen LogP contribution in [-0.4, -0.2) is 32.2 Å². The molecule has 0 aliphatic heterocycles. The van der Waals surface area contributed by atoms with Gasteiger partial charge >= 0.3 is 10.2 Å². The van der Waals surface area contributed by atoms with E-state index in [0.29, 0.717) is 6.54 Å². The lowest BCUT2D eigenvalue weighted by atomic mass is 10.2. The standard InChI is InChI=1S/C12H17ClN2O3S/c1-3-4-9-15(2)19(17,18)14-12(16)10-7-5-6-8-11(10)13/h5-8H,3-4,9H2,1-2H3,(H,14,16). The highest BCUT2D eigenvalue weighted by molar-refractivity contribution is 7.87. The second-order valence-electron chi connectivity index (χ2n) is 4.09. The number of amides is 1. The first kappa shape index (κ1) is 15.9. The van der Waals surface area contributed by atoms with Crippen molar-refractivity contribution in [3.8, 4) is 0 Å². The summed E-state index contributed by atoms with van der Waals surface area (Å²) in [7, 11) is -2.39. The Kier molecular flexibility index (Phi) is 5.78. The molecule has 0 aliphatic carbocycles. The van der Waals surface area contributed by atoms with Gasteiger partial charge < -0.3 is 0 Å². The summed E-state index contributed by atoms with van der Waals surface area (Å²) in [6, 6.07) is 6.29. The minimum atomic E-state index is -3.82. The fourth-order valence-electron chi connectivity index (χ4n) is 1.40. The topological polar surface area (TPSA) is 66.5 Å². The molecule has 0 aromatic heterocycles. The van der Waals surface area contributed by atoms with Gasteiger partial charge in [-0.2, -0.15) is 12.7 Å². The van der Waals surface area contributed by atoms with Gasteiger partial charge in [-0.15, -0.1) is 0 Å². The highest BCUT2D eigenvalue weighted by Crippen LogP contribution is 2.15. The molecule has 0 spiro atoms. The molecule has 0 radical (unpaired) electrons. The maximum absolute atomic E-state index is 11.9. The van der Waals surface area contributed by atoms with Crippen LogP contribution in [0.1, 0.15) is 30.1 Å². The Balaban J connectivity index is 2.79. The van der Waals surface area contributed by atoms with Crippen molar-refractivity contribution in [1.82, 2.24) is 9.03 Å².